The number of anilines is 1. The highest BCUT2D eigenvalue weighted by Gasteiger charge is 2.28. The third kappa shape index (κ3) is 4.10. The van der Waals surface area contributed by atoms with Crippen LogP contribution in [0.25, 0.3) is 0 Å². The number of carbonyl (C=O) groups excluding carboxylic acids is 1. The van der Waals surface area contributed by atoms with E-state index in [1.165, 1.54) is 11.3 Å². The van der Waals surface area contributed by atoms with Crippen LogP contribution in [0.5, 0.6) is 17.2 Å². The van der Waals surface area contributed by atoms with Gasteiger partial charge in [0.1, 0.15) is 5.76 Å². The molecule has 32 heavy (non-hydrogen) atoms. The number of rotatable bonds is 8. The SMILES string of the molecule is COc1cc(CNC(=O)c2ccoc2CN2c3ccccc3CC2C)cc(OC)c1OC. The predicted molar refractivity (Wildman–Crippen MR) is 122 cm³/mol. The van der Waals surface area contributed by atoms with Crippen LogP contribution >= 0.6 is 0 Å². The van der Waals surface area contributed by atoms with E-state index >= 15 is 0 Å². The molecule has 2 heterocycles. The number of ether oxygens (including phenoxy) is 3. The average Bonchev–Trinajstić information content (AvgIpc) is 3.41. The van der Waals surface area contributed by atoms with E-state index in [9.17, 15) is 4.79 Å². The Balaban J connectivity index is 1.48. The van der Waals surface area contributed by atoms with E-state index in [1.807, 2.05) is 18.2 Å². The lowest BCUT2D eigenvalue weighted by atomic mass is 10.1. The van der Waals surface area contributed by atoms with Gasteiger partial charge in [-0.15, -0.1) is 0 Å². The summed E-state index contributed by atoms with van der Waals surface area (Å²) in [5.41, 5.74) is 3.88. The van der Waals surface area contributed by atoms with Gasteiger partial charge in [-0.05, 0) is 48.7 Å². The Hall–Kier alpha value is -3.61. The number of methoxy groups -OCH3 is 3. The van der Waals surface area contributed by atoms with E-state index in [4.69, 9.17) is 18.6 Å². The number of nitrogens with zero attached hydrogens (tertiary/aromatic N) is 1. The molecule has 168 valence electrons. The van der Waals surface area contributed by atoms with Crippen LogP contribution in [0.2, 0.25) is 0 Å². The molecular weight excluding hydrogens is 408 g/mol. The van der Waals surface area contributed by atoms with Crippen molar-refractivity contribution in [3.63, 3.8) is 0 Å². The van der Waals surface area contributed by atoms with Gasteiger partial charge in [0.15, 0.2) is 11.5 Å². The van der Waals surface area contributed by atoms with E-state index in [0.717, 1.165) is 12.0 Å². The lowest BCUT2D eigenvalue weighted by Crippen LogP contribution is -2.30. The lowest BCUT2D eigenvalue weighted by molar-refractivity contribution is 0.0948. The van der Waals surface area contributed by atoms with Crippen molar-refractivity contribution >= 4 is 11.6 Å². The summed E-state index contributed by atoms with van der Waals surface area (Å²) in [6, 6.07) is 14.1. The summed E-state index contributed by atoms with van der Waals surface area (Å²) in [4.78, 5) is 15.2. The number of para-hydroxylation sites is 1. The molecule has 1 unspecified atom stereocenters. The number of benzene rings is 2. The lowest BCUT2D eigenvalue weighted by Gasteiger charge is -2.24. The maximum Gasteiger partial charge on any atom is 0.255 e. The Morgan fingerprint density at radius 2 is 1.81 bits per heavy atom. The second-order valence-electron chi connectivity index (χ2n) is 7.78. The number of fused-ring (bicyclic) bond motifs is 1. The summed E-state index contributed by atoms with van der Waals surface area (Å²) >= 11 is 0. The third-order valence-corrected chi connectivity index (χ3v) is 5.83. The fraction of sp³-hybridized carbons (Fsp3) is 0.320. The second-order valence-corrected chi connectivity index (χ2v) is 7.78. The smallest absolute Gasteiger partial charge is 0.255 e. The highest BCUT2D eigenvalue weighted by molar-refractivity contribution is 5.95. The van der Waals surface area contributed by atoms with E-state index in [0.29, 0.717) is 47.7 Å². The first-order valence-electron chi connectivity index (χ1n) is 10.5. The predicted octanol–water partition coefficient (Wildman–Crippen LogP) is 4.19. The minimum atomic E-state index is -0.192. The Morgan fingerprint density at radius 1 is 1.09 bits per heavy atom. The van der Waals surface area contributed by atoms with Gasteiger partial charge in [0.05, 0.1) is 39.7 Å². The van der Waals surface area contributed by atoms with Gasteiger partial charge in [0, 0.05) is 18.3 Å². The molecule has 1 amide bonds. The van der Waals surface area contributed by atoms with Crippen molar-refractivity contribution in [2.24, 2.45) is 0 Å². The summed E-state index contributed by atoms with van der Waals surface area (Å²) in [6.45, 7) is 3.04. The third-order valence-electron chi connectivity index (χ3n) is 5.83. The molecule has 0 radical (unpaired) electrons. The maximum absolute atomic E-state index is 13.0. The van der Waals surface area contributed by atoms with Crippen molar-refractivity contribution in [3.8, 4) is 17.2 Å². The molecule has 0 saturated carbocycles. The summed E-state index contributed by atoms with van der Waals surface area (Å²) in [5, 5.41) is 2.97. The zero-order valence-electron chi connectivity index (χ0n) is 18.8. The maximum atomic E-state index is 13.0. The second kappa shape index (κ2) is 9.26. The molecule has 3 aromatic rings. The van der Waals surface area contributed by atoms with Gasteiger partial charge in [-0.3, -0.25) is 4.79 Å². The van der Waals surface area contributed by atoms with Gasteiger partial charge in [-0.1, -0.05) is 18.2 Å². The molecule has 7 nitrogen and oxygen atoms in total. The first-order valence-corrected chi connectivity index (χ1v) is 10.5. The number of hydrogen-bond donors (Lipinski definition) is 1. The van der Waals surface area contributed by atoms with Gasteiger partial charge >= 0.3 is 0 Å². The Labute approximate surface area is 187 Å². The molecule has 4 rings (SSSR count). The van der Waals surface area contributed by atoms with Gasteiger partial charge in [-0.2, -0.15) is 0 Å². The number of hydrogen-bond acceptors (Lipinski definition) is 6. The Bertz CT molecular complexity index is 1080. The zero-order chi connectivity index (χ0) is 22.7. The Morgan fingerprint density at radius 3 is 2.50 bits per heavy atom. The zero-order valence-corrected chi connectivity index (χ0v) is 18.8. The van der Waals surface area contributed by atoms with E-state index in [-0.39, 0.29) is 5.91 Å². The fourth-order valence-electron chi connectivity index (χ4n) is 4.21. The fourth-order valence-corrected chi connectivity index (χ4v) is 4.21. The summed E-state index contributed by atoms with van der Waals surface area (Å²) < 4.78 is 21.8. The van der Waals surface area contributed by atoms with Crippen LogP contribution in [0, 0.1) is 0 Å². The first kappa shape index (κ1) is 21.6. The molecule has 1 atom stereocenters. The molecule has 0 aliphatic carbocycles. The largest absolute Gasteiger partial charge is 0.493 e. The molecule has 1 N–H and O–H groups in total. The van der Waals surface area contributed by atoms with Gasteiger partial charge in [0.2, 0.25) is 5.75 Å². The van der Waals surface area contributed by atoms with Crippen LogP contribution in [-0.4, -0.2) is 33.3 Å². The van der Waals surface area contributed by atoms with Gasteiger partial charge < -0.3 is 28.8 Å². The topological polar surface area (TPSA) is 73.2 Å². The highest BCUT2D eigenvalue weighted by atomic mass is 16.5. The summed E-state index contributed by atoms with van der Waals surface area (Å²) in [7, 11) is 4.69. The van der Waals surface area contributed by atoms with Crippen molar-refractivity contribution in [1.29, 1.82) is 0 Å². The molecule has 0 spiro atoms. The molecule has 7 heteroatoms. The van der Waals surface area contributed by atoms with Crippen LogP contribution in [0.3, 0.4) is 0 Å². The van der Waals surface area contributed by atoms with E-state index in [2.05, 4.69) is 35.3 Å². The van der Waals surface area contributed by atoms with Crippen LogP contribution < -0.4 is 24.4 Å². The van der Waals surface area contributed by atoms with Crippen LogP contribution in [-0.2, 0) is 19.5 Å². The molecule has 1 aliphatic rings. The minimum Gasteiger partial charge on any atom is -0.493 e. The van der Waals surface area contributed by atoms with Crippen molar-refractivity contribution in [2.45, 2.75) is 32.5 Å². The number of carbonyl (C=O) groups is 1. The molecule has 1 aliphatic heterocycles. The Kier molecular flexibility index (Phi) is 6.25. The van der Waals surface area contributed by atoms with E-state index in [1.54, 1.807) is 33.7 Å². The van der Waals surface area contributed by atoms with Gasteiger partial charge in [0.25, 0.3) is 5.91 Å². The summed E-state index contributed by atoms with van der Waals surface area (Å²) in [5.74, 6) is 2.06. The molecule has 0 saturated heterocycles. The molecule has 2 aromatic carbocycles. The molecular formula is C25H28N2O5. The van der Waals surface area contributed by atoms with E-state index < -0.39 is 0 Å². The van der Waals surface area contributed by atoms with Crippen LogP contribution in [0.4, 0.5) is 5.69 Å². The number of nitrogens with one attached hydrogen (secondary N) is 1. The standard InChI is InChI=1S/C25H28N2O5/c1-16-11-18-7-5-6-8-20(18)27(16)15-23-19(9-10-32-23)25(28)26-14-17-12-21(29-2)24(31-4)22(13-17)30-3/h5-10,12-13,16H,11,14-15H2,1-4H3,(H,26,28). The first-order chi connectivity index (χ1) is 15.5. The number of amides is 1. The average molecular weight is 437 g/mol. The molecule has 0 fully saturated rings. The van der Waals surface area contributed by atoms with Crippen molar-refractivity contribution in [1.82, 2.24) is 5.32 Å². The van der Waals surface area contributed by atoms with Crippen molar-refractivity contribution < 1.29 is 23.4 Å². The normalized spacial score (nSPS) is 14.8. The monoisotopic (exact) mass is 436 g/mol. The highest BCUT2D eigenvalue weighted by Crippen LogP contribution is 2.38. The van der Waals surface area contributed by atoms with Crippen LogP contribution in [0.15, 0.2) is 53.1 Å². The summed E-state index contributed by atoms with van der Waals surface area (Å²) in [6.07, 6.45) is 2.55. The minimum absolute atomic E-state index is 0.192. The molecule has 0 bridgehead atoms. The van der Waals surface area contributed by atoms with Crippen molar-refractivity contribution in [3.05, 3.63) is 71.2 Å². The molecule has 1 aromatic heterocycles. The quantitative estimate of drug-likeness (QED) is 0.571. The van der Waals surface area contributed by atoms with Crippen molar-refractivity contribution in [2.75, 3.05) is 26.2 Å². The van der Waals surface area contributed by atoms with Gasteiger partial charge in [-0.25, -0.2) is 0 Å². The number of furan rings is 1. The van der Waals surface area contributed by atoms with Crippen LogP contribution in [0.1, 0.15) is 34.2 Å².